The van der Waals surface area contributed by atoms with Crippen LogP contribution in [0.1, 0.15) is 11.1 Å². The first-order valence-electron chi connectivity index (χ1n) is 6.28. The molecule has 5 heteroatoms. The Hall–Kier alpha value is -1.97. The topological polar surface area (TPSA) is 58.6 Å². The molecule has 0 aliphatic carbocycles. The zero-order chi connectivity index (χ0) is 15.2. The first-order chi connectivity index (χ1) is 10.2. The number of methoxy groups -OCH3 is 1. The second kappa shape index (κ2) is 7.16. The summed E-state index contributed by atoms with van der Waals surface area (Å²) in [6, 6.07) is 13.3. The van der Waals surface area contributed by atoms with Gasteiger partial charge in [-0.3, -0.25) is 0 Å². The van der Waals surface area contributed by atoms with Gasteiger partial charge in [-0.25, -0.2) is 0 Å². The molecule has 0 atom stereocenters. The molecule has 4 nitrogen and oxygen atoms in total. The van der Waals surface area contributed by atoms with Crippen LogP contribution in [-0.4, -0.2) is 23.2 Å². The number of carbonyl (C=O) groups is 1. The molecule has 0 unspecified atom stereocenters. The van der Waals surface area contributed by atoms with E-state index in [0.717, 1.165) is 28.0 Å². The number of ether oxygens (including phenoxy) is 1. The summed E-state index contributed by atoms with van der Waals surface area (Å²) in [6.45, 7) is 0. The first-order valence-corrected chi connectivity index (χ1v) is 6.85. The van der Waals surface area contributed by atoms with E-state index in [1.54, 1.807) is 17.6 Å². The van der Waals surface area contributed by atoms with Crippen molar-refractivity contribution in [3.63, 3.8) is 0 Å². The molecular formula is C16H15NNiO3. The predicted octanol–water partition coefficient (Wildman–Crippen LogP) is 2.11. The summed E-state index contributed by atoms with van der Waals surface area (Å²) >= 11 is 4.74. The van der Waals surface area contributed by atoms with Crippen LogP contribution < -0.4 is 10.2 Å². The van der Waals surface area contributed by atoms with Crippen LogP contribution >= 0.6 is 0 Å². The molecule has 0 aromatic heterocycles. The number of nitrogens with one attached hydrogen (secondary N) is 1. The molecule has 112 valence electrons. The molecule has 21 heavy (non-hydrogen) atoms. The maximum atomic E-state index is 11.1. The Morgan fingerprint density at radius 2 is 2.00 bits per heavy atom. The molecule has 0 radical (unpaired) electrons. The van der Waals surface area contributed by atoms with Crippen molar-refractivity contribution in [3.05, 3.63) is 53.6 Å². The summed E-state index contributed by atoms with van der Waals surface area (Å²) in [5.41, 5.74) is 5.39. The number of hydrogen-bond donors (Lipinski definition) is 2. The van der Waals surface area contributed by atoms with Crippen molar-refractivity contribution in [1.29, 1.82) is 0 Å². The Labute approximate surface area is 130 Å². The van der Waals surface area contributed by atoms with Gasteiger partial charge in [-0.05, 0) is 0 Å². The third-order valence-corrected chi connectivity index (χ3v) is 3.42. The van der Waals surface area contributed by atoms with Crippen molar-refractivity contribution >= 4 is 10.9 Å². The van der Waals surface area contributed by atoms with Crippen molar-refractivity contribution in [2.24, 2.45) is 0 Å². The molecule has 2 N–H and O–H groups in total. The van der Waals surface area contributed by atoms with E-state index in [1.165, 1.54) is 0 Å². The number of rotatable bonds is 5. The van der Waals surface area contributed by atoms with Gasteiger partial charge >= 0.3 is 130 Å². The molecule has 0 bridgehead atoms. The van der Waals surface area contributed by atoms with Gasteiger partial charge in [-0.15, -0.1) is 0 Å². The average molecular weight is 328 g/mol. The van der Waals surface area contributed by atoms with Gasteiger partial charge in [-0.2, -0.15) is 0 Å². The fourth-order valence-corrected chi connectivity index (χ4v) is 2.27. The van der Waals surface area contributed by atoms with Crippen LogP contribution in [0, 0.1) is 0 Å². The van der Waals surface area contributed by atoms with Gasteiger partial charge in [0.05, 0.1) is 0 Å². The Morgan fingerprint density at radius 3 is 2.57 bits per heavy atom. The molecule has 0 fully saturated rings. The summed E-state index contributed by atoms with van der Waals surface area (Å²) in [6.07, 6.45) is 0.140. The Morgan fingerprint density at radius 1 is 1.29 bits per heavy atom. The van der Waals surface area contributed by atoms with Gasteiger partial charge in [-0.1, -0.05) is 0 Å². The van der Waals surface area contributed by atoms with Gasteiger partial charge in [0.1, 0.15) is 0 Å². The summed E-state index contributed by atoms with van der Waals surface area (Å²) < 4.78 is 5.19. The van der Waals surface area contributed by atoms with Crippen molar-refractivity contribution < 1.29 is 29.8 Å². The van der Waals surface area contributed by atoms with E-state index in [-0.39, 0.29) is 6.42 Å². The Balaban J connectivity index is 2.30. The van der Waals surface area contributed by atoms with Crippen LogP contribution in [0.4, 0.5) is 0 Å². The van der Waals surface area contributed by atoms with Crippen LogP contribution in [0.3, 0.4) is 0 Å². The zero-order valence-corrected chi connectivity index (χ0v) is 12.4. The number of amides is 1. The van der Waals surface area contributed by atoms with Crippen molar-refractivity contribution in [3.8, 4) is 16.9 Å². The van der Waals surface area contributed by atoms with Gasteiger partial charge in [0.25, 0.3) is 0 Å². The van der Waals surface area contributed by atoms with E-state index < -0.39 is 5.91 Å². The molecule has 0 saturated carbocycles. The van der Waals surface area contributed by atoms with Crippen molar-refractivity contribution in [2.45, 2.75) is 6.42 Å². The van der Waals surface area contributed by atoms with Crippen LogP contribution in [0.5, 0.6) is 5.75 Å². The first kappa shape index (κ1) is 15.4. The predicted molar refractivity (Wildman–Crippen MR) is 77.2 cm³/mol. The molecule has 0 aliphatic heterocycles. The molecule has 2 rings (SSSR count). The molecule has 0 heterocycles. The third kappa shape index (κ3) is 3.78. The van der Waals surface area contributed by atoms with Crippen LogP contribution in [-0.2, 0) is 26.2 Å². The second-order valence-corrected chi connectivity index (χ2v) is 4.74. The molecule has 0 spiro atoms. The van der Waals surface area contributed by atoms with Crippen molar-refractivity contribution in [1.82, 2.24) is 5.48 Å². The summed E-state index contributed by atoms with van der Waals surface area (Å²) in [5, 5.41) is 8.52. The van der Waals surface area contributed by atoms with E-state index in [2.05, 4.69) is 0 Å². The summed E-state index contributed by atoms with van der Waals surface area (Å²) in [7, 11) is 1.62. The van der Waals surface area contributed by atoms with E-state index in [4.69, 9.17) is 25.0 Å². The number of benzene rings is 2. The molecule has 1 amide bonds. The minimum absolute atomic E-state index is 0.140. The normalized spacial score (nSPS) is 10.1. The molecular weight excluding hydrogens is 313 g/mol. The van der Waals surface area contributed by atoms with Crippen LogP contribution in [0.15, 0.2) is 42.5 Å². The summed E-state index contributed by atoms with van der Waals surface area (Å²) in [4.78, 5) is 12.8. The minimum atomic E-state index is -0.437. The maximum absolute atomic E-state index is 11.1. The van der Waals surface area contributed by atoms with E-state index in [1.807, 2.05) is 42.5 Å². The molecule has 0 saturated heterocycles. The van der Waals surface area contributed by atoms with E-state index in [9.17, 15) is 4.79 Å². The number of hydrogen-bond acceptors (Lipinski definition) is 3. The van der Waals surface area contributed by atoms with Crippen LogP contribution in [0.2, 0.25) is 0 Å². The van der Waals surface area contributed by atoms with Gasteiger partial charge in [0, 0.05) is 0 Å². The molecule has 2 aromatic carbocycles. The number of hydroxylamine groups is 1. The second-order valence-electron chi connectivity index (χ2n) is 4.45. The van der Waals surface area contributed by atoms with Gasteiger partial charge in [0.2, 0.25) is 0 Å². The van der Waals surface area contributed by atoms with Gasteiger partial charge < -0.3 is 0 Å². The average Bonchev–Trinajstić information content (AvgIpc) is 2.54. The fraction of sp³-hybridized carbons (Fsp3) is 0.125. The molecule has 0 aliphatic rings. The zero-order valence-electron chi connectivity index (χ0n) is 11.4. The fourth-order valence-electron chi connectivity index (χ4n) is 2.03. The quantitative estimate of drug-likeness (QED) is 0.502. The standard InChI is InChI=1S/C16H15NO3.Ni/c1-11-9-14(20-2)7-8-15(11)13-5-3-12(4-6-13)10-16(18)17-19;/h1,3-9,19H,10H2,2H3,(H,17,18);. The van der Waals surface area contributed by atoms with E-state index in [0.29, 0.717) is 0 Å². The Kier molecular flexibility index (Phi) is 5.26. The number of carbonyl (C=O) groups excluding carboxylic acids is 1. The SMILES string of the molecule is COc1ccc(-c2ccc(CC(=O)NO)cc2)c([CH]=[Ni])c1. The van der Waals surface area contributed by atoms with Crippen molar-refractivity contribution in [2.75, 3.05) is 7.11 Å². The van der Waals surface area contributed by atoms with Gasteiger partial charge in [0.15, 0.2) is 0 Å². The monoisotopic (exact) mass is 327 g/mol. The summed E-state index contributed by atoms with van der Waals surface area (Å²) in [5.74, 6) is 0.326. The van der Waals surface area contributed by atoms with E-state index >= 15 is 0 Å². The Bertz CT molecular complexity index is 653. The third-order valence-electron chi connectivity index (χ3n) is 3.11. The molecule has 2 aromatic rings. The van der Waals surface area contributed by atoms with Crippen LogP contribution in [0.25, 0.3) is 11.1 Å².